The zero-order chi connectivity index (χ0) is 35.7. The van der Waals surface area contributed by atoms with Gasteiger partial charge in [0.05, 0.1) is 38.1 Å². The van der Waals surface area contributed by atoms with Gasteiger partial charge < -0.3 is 14.2 Å². The molecule has 6 heterocycles. The first kappa shape index (κ1) is 35.8. The van der Waals surface area contributed by atoms with E-state index in [1.807, 2.05) is 0 Å². The third-order valence-corrected chi connectivity index (χ3v) is 10.3. The van der Waals surface area contributed by atoms with E-state index in [4.69, 9.17) is 27.8 Å². The van der Waals surface area contributed by atoms with E-state index in [1.54, 1.807) is 20.8 Å². The van der Waals surface area contributed by atoms with Crippen LogP contribution in [0.25, 0.3) is 0 Å². The van der Waals surface area contributed by atoms with Crippen LogP contribution in [-0.2, 0) is 32.3 Å². The Morgan fingerprint density at radius 3 is 1.12 bits per heavy atom. The fraction of sp³-hybridized carbons (Fsp3) is 0.600. The molecule has 20 heteroatoms. The molecule has 3 aromatic rings. The Morgan fingerprint density at radius 2 is 0.840 bits per heavy atom. The van der Waals surface area contributed by atoms with Gasteiger partial charge in [-0.15, -0.1) is 0 Å². The van der Waals surface area contributed by atoms with Crippen molar-refractivity contribution in [3.63, 3.8) is 0 Å². The van der Waals surface area contributed by atoms with Crippen molar-refractivity contribution in [2.45, 2.75) is 96.3 Å². The minimum atomic E-state index is -4.31. The lowest BCUT2D eigenvalue weighted by atomic mass is 10.2. The standard InChI is InChI=1S/C30H39N6O13P/c1-16-10-34(28(40)31-25(16)37)22-7-4-19(47-22)13-44-50(43,45-14-20-5-8-23(48-20)35-11-17(2)26(38)32-29(35)41)46-15-21-6-9-24(49-21)36-12-18(3)27(39)33-30(36)42/h10-12,19-24H,4-9,13-15H2,1-3H3,(H,31,37,40)(H,32,38,41)(H,33,39,42). The molecule has 0 aliphatic carbocycles. The van der Waals surface area contributed by atoms with Crippen molar-refractivity contribution >= 4 is 7.82 Å². The molecule has 0 amide bonds. The Morgan fingerprint density at radius 1 is 0.560 bits per heavy atom. The summed E-state index contributed by atoms with van der Waals surface area (Å²) in [5.41, 5.74) is -2.30. The second-order valence-corrected chi connectivity index (χ2v) is 14.3. The molecule has 3 saturated heterocycles. The molecule has 19 nitrogen and oxygen atoms in total. The number of hydrogen-bond acceptors (Lipinski definition) is 13. The smallest absolute Gasteiger partial charge is 0.352 e. The maximum atomic E-state index is 14.0. The molecular formula is C30H39N6O13P. The molecule has 6 atom stereocenters. The van der Waals surface area contributed by atoms with Gasteiger partial charge in [0.1, 0.15) is 18.7 Å². The van der Waals surface area contributed by atoms with Gasteiger partial charge in [-0.05, 0) is 59.3 Å². The number of nitrogens with one attached hydrogen (secondary N) is 3. The summed E-state index contributed by atoms with van der Waals surface area (Å²) in [6.07, 6.45) is 3.03. The first-order valence-corrected chi connectivity index (χ1v) is 17.7. The Bertz CT molecular complexity index is 1900. The van der Waals surface area contributed by atoms with Gasteiger partial charge in [0.2, 0.25) is 0 Å². The molecule has 3 N–H and O–H groups in total. The molecule has 0 radical (unpaired) electrons. The summed E-state index contributed by atoms with van der Waals surface area (Å²) in [5.74, 6) is 0. The number of phosphoric ester groups is 1. The summed E-state index contributed by atoms with van der Waals surface area (Å²) in [6.45, 7) is 4.06. The molecule has 0 spiro atoms. The Balaban J connectivity index is 1.10. The third-order valence-electron chi connectivity index (χ3n) is 8.88. The van der Waals surface area contributed by atoms with Gasteiger partial charge in [0.15, 0.2) is 0 Å². The number of aryl methyl sites for hydroxylation is 3. The van der Waals surface area contributed by atoms with Gasteiger partial charge in [-0.3, -0.25) is 56.6 Å². The van der Waals surface area contributed by atoms with E-state index in [2.05, 4.69) is 15.0 Å². The monoisotopic (exact) mass is 722 g/mol. The van der Waals surface area contributed by atoms with Crippen molar-refractivity contribution in [1.29, 1.82) is 0 Å². The summed E-state index contributed by atoms with van der Waals surface area (Å²) in [5, 5.41) is 0. The molecule has 6 rings (SSSR count). The van der Waals surface area contributed by atoms with Gasteiger partial charge in [-0.25, -0.2) is 18.9 Å². The van der Waals surface area contributed by atoms with E-state index in [-0.39, 0.29) is 19.8 Å². The molecule has 0 bridgehead atoms. The number of aromatic amines is 3. The van der Waals surface area contributed by atoms with Crippen LogP contribution in [0.1, 0.15) is 73.9 Å². The average molecular weight is 723 g/mol. The Hall–Kier alpha value is -3.97. The molecule has 6 unspecified atom stereocenters. The number of rotatable bonds is 12. The summed E-state index contributed by atoms with van der Waals surface area (Å²) < 4.78 is 53.1. The second-order valence-electron chi connectivity index (χ2n) is 12.6. The number of ether oxygens (including phenoxy) is 3. The molecule has 0 saturated carbocycles. The minimum absolute atomic E-state index is 0.217. The van der Waals surface area contributed by atoms with Crippen LogP contribution in [0.5, 0.6) is 0 Å². The maximum absolute atomic E-state index is 14.0. The maximum Gasteiger partial charge on any atom is 0.475 e. The minimum Gasteiger partial charge on any atom is -0.352 e. The summed E-state index contributed by atoms with van der Waals surface area (Å²) in [7, 11) is -4.31. The molecule has 50 heavy (non-hydrogen) atoms. The van der Waals surface area contributed by atoms with Gasteiger partial charge in [0, 0.05) is 35.3 Å². The van der Waals surface area contributed by atoms with Crippen molar-refractivity contribution in [2.75, 3.05) is 19.8 Å². The Kier molecular flexibility index (Phi) is 10.5. The van der Waals surface area contributed by atoms with Gasteiger partial charge >= 0.3 is 24.9 Å². The van der Waals surface area contributed by atoms with Crippen molar-refractivity contribution in [1.82, 2.24) is 28.7 Å². The first-order valence-electron chi connectivity index (χ1n) is 16.2. The number of H-pyrrole nitrogens is 3. The largest absolute Gasteiger partial charge is 0.475 e. The van der Waals surface area contributed by atoms with E-state index in [9.17, 15) is 33.3 Å². The summed E-state index contributed by atoms with van der Waals surface area (Å²) >= 11 is 0. The second kappa shape index (κ2) is 14.7. The van der Waals surface area contributed by atoms with E-state index in [0.717, 1.165) is 0 Å². The van der Waals surface area contributed by atoms with Crippen molar-refractivity contribution in [2.24, 2.45) is 0 Å². The molecule has 3 aromatic heterocycles. The number of hydrogen-bond donors (Lipinski definition) is 3. The number of phosphoric acid groups is 1. The highest BCUT2D eigenvalue weighted by Crippen LogP contribution is 2.51. The van der Waals surface area contributed by atoms with E-state index in [1.165, 1.54) is 32.3 Å². The predicted octanol–water partition coefficient (Wildman–Crippen LogP) is 0.753. The lowest BCUT2D eigenvalue weighted by Crippen LogP contribution is -2.33. The fourth-order valence-electron chi connectivity index (χ4n) is 6.08. The fourth-order valence-corrected chi connectivity index (χ4v) is 7.35. The van der Waals surface area contributed by atoms with Crippen LogP contribution in [0.15, 0.2) is 47.4 Å². The van der Waals surface area contributed by atoms with E-state index < -0.39 is 78.6 Å². The highest BCUT2D eigenvalue weighted by Gasteiger charge is 2.37. The topological polar surface area (TPSA) is 237 Å². The van der Waals surface area contributed by atoms with Crippen LogP contribution >= 0.6 is 7.82 Å². The highest BCUT2D eigenvalue weighted by molar-refractivity contribution is 7.48. The normalized spacial score (nSPS) is 26.4. The molecular weight excluding hydrogens is 683 g/mol. The number of aromatic nitrogens is 6. The van der Waals surface area contributed by atoms with Crippen LogP contribution in [0.2, 0.25) is 0 Å². The SMILES string of the molecule is Cc1cn(C2CCC(COP(=O)(OCC3CCC(n4cc(C)c(=O)[nH]c4=O)O3)OCC3CCC(n4cc(C)c(=O)[nH]c4=O)O3)O2)c(=O)[nH]c1=O. The van der Waals surface area contributed by atoms with Gasteiger partial charge in [-0.2, -0.15) is 0 Å². The lowest BCUT2D eigenvalue weighted by molar-refractivity contribution is -0.0508. The summed E-state index contributed by atoms with van der Waals surface area (Å²) in [4.78, 5) is 79.3. The van der Waals surface area contributed by atoms with E-state index >= 15 is 0 Å². The Labute approximate surface area is 282 Å². The molecule has 3 aliphatic heterocycles. The molecule has 0 aromatic carbocycles. The van der Waals surface area contributed by atoms with E-state index in [0.29, 0.717) is 55.2 Å². The van der Waals surface area contributed by atoms with Crippen LogP contribution in [-0.4, -0.2) is 66.8 Å². The van der Waals surface area contributed by atoms with Gasteiger partial charge in [0.25, 0.3) is 16.7 Å². The first-order chi connectivity index (χ1) is 23.8. The quantitative estimate of drug-likeness (QED) is 0.219. The molecule has 3 fully saturated rings. The van der Waals surface area contributed by atoms with Crippen LogP contribution in [0.3, 0.4) is 0 Å². The lowest BCUT2D eigenvalue weighted by Gasteiger charge is -2.23. The molecule has 272 valence electrons. The van der Waals surface area contributed by atoms with Crippen LogP contribution < -0.4 is 33.7 Å². The highest BCUT2D eigenvalue weighted by atomic mass is 31.2. The van der Waals surface area contributed by atoms with Crippen LogP contribution in [0, 0.1) is 20.8 Å². The summed E-state index contributed by atoms with van der Waals surface area (Å²) in [6, 6.07) is 0. The van der Waals surface area contributed by atoms with Gasteiger partial charge in [-0.1, -0.05) is 0 Å². The predicted molar refractivity (Wildman–Crippen MR) is 173 cm³/mol. The third kappa shape index (κ3) is 7.99. The van der Waals surface area contributed by atoms with Crippen molar-refractivity contribution in [3.8, 4) is 0 Å². The van der Waals surface area contributed by atoms with Crippen LogP contribution in [0.4, 0.5) is 0 Å². The average Bonchev–Trinajstić information content (AvgIpc) is 3.85. The van der Waals surface area contributed by atoms with Crippen molar-refractivity contribution in [3.05, 3.63) is 97.8 Å². The van der Waals surface area contributed by atoms with Crippen molar-refractivity contribution < 1.29 is 32.3 Å². The zero-order valence-electron chi connectivity index (χ0n) is 27.7. The molecule has 3 aliphatic rings. The zero-order valence-corrected chi connectivity index (χ0v) is 28.6. The number of nitrogens with zero attached hydrogens (tertiary/aromatic N) is 3.